The van der Waals surface area contributed by atoms with Crippen molar-refractivity contribution in [1.82, 2.24) is 5.32 Å². The predicted octanol–water partition coefficient (Wildman–Crippen LogP) is 17.9. The van der Waals surface area contributed by atoms with Crippen molar-refractivity contribution >= 4 is 19.7 Å². The van der Waals surface area contributed by atoms with Crippen molar-refractivity contribution < 1.29 is 37.3 Å². The van der Waals surface area contributed by atoms with Gasteiger partial charge in [-0.15, -0.1) is 0 Å². The number of unbranched alkanes of at least 4 members (excludes halogenated alkanes) is 21. The Morgan fingerprint density at radius 1 is 0.480 bits per heavy atom. The Labute approximate surface area is 461 Å². The van der Waals surface area contributed by atoms with Crippen LogP contribution in [0.5, 0.6) is 0 Å². The van der Waals surface area contributed by atoms with Gasteiger partial charge >= 0.3 is 5.97 Å². The summed E-state index contributed by atoms with van der Waals surface area (Å²) in [5.74, 6) is -0.587. The lowest BCUT2D eigenvalue weighted by molar-refractivity contribution is -0.870. The molecular weight excluding hydrogens is 952 g/mol. The van der Waals surface area contributed by atoms with Crippen LogP contribution in [0.3, 0.4) is 0 Å². The Balaban J connectivity index is 5.31. The molecule has 3 unspecified atom stereocenters. The highest BCUT2D eigenvalue weighted by atomic mass is 31.2. The van der Waals surface area contributed by atoms with Crippen molar-refractivity contribution in [1.29, 1.82) is 0 Å². The molecule has 9 nitrogen and oxygen atoms in total. The first-order chi connectivity index (χ1) is 36.4. The number of carbonyl (C=O) groups excluding carboxylic acids is 2. The quantitative estimate of drug-likeness (QED) is 0.0212. The van der Waals surface area contributed by atoms with Crippen molar-refractivity contribution in [3.63, 3.8) is 0 Å². The third-order valence-corrected chi connectivity index (χ3v) is 13.7. The summed E-state index contributed by atoms with van der Waals surface area (Å²) in [5, 5.41) is 3.01. The molecule has 0 saturated heterocycles. The summed E-state index contributed by atoms with van der Waals surface area (Å²) in [6.07, 6.45) is 73.4. The van der Waals surface area contributed by atoms with E-state index in [1.54, 1.807) is 0 Å². The van der Waals surface area contributed by atoms with E-state index in [0.717, 1.165) is 122 Å². The highest BCUT2D eigenvalue weighted by Gasteiger charge is 2.27. The average Bonchev–Trinajstić information content (AvgIpc) is 3.37. The van der Waals surface area contributed by atoms with E-state index in [1.807, 2.05) is 33.3 Å². The van der Waals surface area contributed by atoms with E-state index in [9.17, 15) is 19.0 Å². The molecule has 0 aromatic carbocycles. The van der Waals surface area contributed by atoms with Crippen LogP contribution in [0.1, 0.15) is 239 Å². The topological polar surface area (TPSA) is 114 Å². The van der Waals surface area contributed by atoms with Crippen molar-refractivity contribution in [2.45, 2.75) is 251 Å². The zero-order valence-corrected chi connectivity index (χ0v) is 49.9. The van der Waals surface area contributed by atoms with Crippen LogP contribution in [-0.4, -0.2) is 69.4 Å². The van der Waals surface area contributed by atoms with Crippen LogP contribution in [-0.2, 0) is 27.9 Å². The van der Waals surface area contributed by atoms with Gasteiger partial charge in [0.25, 0.3) is 7.82 Å². The number of nitrogens with one attached hydrogen (secondary N) is 1. The third kappa shape index (κ3) is 55.2. The fourth-order valence-electron chi connectivity index (χ4n) is 8.09. The molecule has 75 heavy (non-hydrogen) atoms. The second kappa shape index (κ2) is 54.0. The van der Waals surface area contributed by atoms with Crippen LogP contribution < -0.4 is 10.2 Å². The minimum absolute atomic E-state index is 0.0346. The van der Waals surface area contributed by atoms with Gasteiger partial charge in [-0.3, -0.25) is 14.2 Å². The first-order valence-electron chi connectivity index (χ1n) is 30.2. The molecule has 0 saturated carbocycles. The van der Waals surface area contributed by atoms with Gasteiger partial charge in [-0.2, -0.15) is 0 Å². The number of allylic oxidation sites excluding steroid dienone is 17. The summed E-state index contributed by atoms with van der Waals surface area (Å²) >= 11 is 0. The summed E-state index contributed by atoms with van der Waals surface area (Å²) in [6.45, 7) is 6.58. The number of amides is 1. The maximum absolute atomic E-state index is 13.5. The van der Waals surface area contributed by atoms with Crippen molar-refractivity contribution in [2.24, 2.45) is 0 Å². The minimum Gasteiger partial charge on any atom is -0.756 e. The maximum atomic E-state index is 13.5. The highest BCUT2D eigenvalue weighted by molar-refractivity contribution is 7.45. The molecule has 430 valence electrons. The molecule has 0 rings (SSSR count). The molecule has 0 aromatic heterocycles. The van der Waals surface area contributed by atoms with Gasteiger partial charge in [0.1, 0.15) is 19.3 Å². The normalized spacial score (nSPS) is 14.5. The second-order valence-electron chi connectivity index (χ2n) is 21.1. The van der Waals surface area contributed by atoms with E-state index < -0.39 is 26.6 Å². The number of nitrogens with zero attached hydrogens (tertiary/aromatic N) is 1. The molecule has 0 aromatic rings. The van der Waals surface area contributed by atoms with Gasteiger partial charge in [-0.1, -0.05) is 227 Å². The number of phosphoric ester groups is 1. The number of likely N-dealkylation sites (N-methyl/N-ethyl adjacent to an activating group) is 1. The Bertz CT molecular complexity index is 1650. The molecule has 0 aliphatic heterocycles. The van der Waals surface area contributed by atoms with Crippen LogP contribution in [0.4, 0.5) is 0 Å². The fraction of sp³-hybridized carbons (Fsp3) is 0.692. The van der Waals surface area contributed by atoms with Gasteiger partial charge in [-0.25, -0.2) is 0 Å². The van der Waals surface area contributed by atoms with Gasteiger partial charge in [0.05, 0.1) is 33.8 Å². The van der Waals surface area contributed by atoms with E-state index in [4.69, 9.17) is 13.8 Å². The van der Waals surface area contributed by atoms with E-state index in [0.29, 0.717) is 23.9 Å². The van der Waals surface area contributed by atoms with Crippen molar-refractivity contribution in [3.05, 3.63) is 109 Å². The monoisotopic (exact) mass is 1060 g/mol. The number of carbonyl (C=O) groups is 2. The largest absolute Gasteiger partial charge is 0.756 e. The molecule has 0 aliphatic rings. The number of quaternary nitrogens is 1. The summed E-state index contributed by atoms with van der Waals surface area (Å²) in [7, 11) is 1.15. The summed E-state index contributed by atoms with van der Waals surface area (Å²) in [5.41, 5.74) is 0. The third-order valence-electron chi connectivity index (χ3n) is 12.7. The Morgan fingerprint density at radius 3 is 1.28 bits per heavy atom. The average molecular weight is 1070 g/mol. The summed E-state index contributed by atoms with van der Waals surface area (Å²) in [4.78, 5) is 39.9. The molecule has 0 aliphatic carbocycles. The van der Waals surface area contributed by atoms with Gasteiger partial charge < -0.3 is 28.5 Å². The lowest BCUT2D eigenvalue weighted by atomic mass is 10.0. The second-order valence-corrected chi connectivity index (χ2v) is 22.5. The smallest absolute Gasteiger partial charge is 0.306 e. The lowest BCUT2D eigenvalue weighted by Crippen LogP contribution is -2.47. The molecule has 3 atom stereocenters. The Kier molecular flexibility index (Phi) is 51.6. The van der Waals surface area contributed by atoms with E-state index in [-0.39, 0.29) is 31.3 Å². The van der Waals surface area contributed by atoms with Crippen molar-refractivity contribution in [3.8, 4) is 0 Å². The molecule has 1 N–H and O–H groups in total. The van der Waals surface area contributed by atoms with Gasteiger partial charge in [0.15, 0.2) is 0 Å². The zero-order valence-electron chi connectivity index (χ0n) is 49.0. The first-order valence-corrected chi connectivity index (χ1v) is 31.7. The van der Waals surface area contributed by atoms with E-state index >= 15 is 0 Å². The predicted molar refractivity (Wildman–Crippen MR) is 320 cm³/mol. The summed E-state index contributed by atoms with van der Waals surface area (Å²) in [6, 6.07) is -0.912. The molecule has 10 heteroatoms. The van der Waals surface area contributed by atoms with Gasteiger partial charge in [0, 0.05) is 12.8 Å². The first kappa shape index (κ1) is 71.7. The van der Waals surface area contributed by atoms with Crippen LogP contribution in [0, 0.1) is 0 Å². The fourth-order valence-corrected chi connectivity index (χ4v) is 8.81. The molecule has 0 spiro atoms. The van der Waals surface area contributed by atoms with Crippen LogP contribution in [0.2, 0.25) is 0 Å². The summed E-state index contributed by atoms with van der Waals surface area (Å²) < 4.78 is 30.2. The number of phosphoric acid groups is 1. The Morgan fingerprint density at radius 2 is 0.853 bits per heavy atom. The van der Waals surface area contributed by atoms with Crippen LogP contribution in [0.25, 0.3) is 0 Å². The zero-order chi connectivity index (χ0) is 55.0. The number of esters is 1. The number of ether oxygens (including phenoxy) is 1. The van der Waals surface area contributed by atoms with Crippen molar-refractivity contribution in [2.75, 3.05) is 40.9 Å². The maximum Gasteiger partial charge on any atom is 0.306 e. The van der Waals surface area contributed by atoms with E-state index in [2.05, 4.69) is 123 Å². The highest BCUT2D eigenvalue weighted by Crippen LogP contribution is 2.38. The van der Waals surface area contributed by atoms with Crippen LogP contribution >= 0.6 is 7.82 Å². The van der Waals surface area contributed by atoms with E-state index in [1.165, 1.54) is 70.6 Å². The lowest BCUT2D eigenvalue weighted by Gasteiger charge is -2.30. The molecular formula is C65H113N2O7P. The van der Waals surface area contributed by atoms with Crippen LogP contribution in [0.15, 0.2) is 109 Å². The minimum atomic E-state index is -4.71. The standard InChI is InChI=1S/C65H113N2O7P/c1-7-10-13-16-19-22-25-28-30-31-32-33-34-35-36-37-38-39-42-45-48-51-54-57-64(68)66-62(61-73-75(70,71)72-60-59-67(4,5)6)63(56-53-50-47-44-41-27-24-21-18-15-12-9-3)74-65(69)58-55-52-49-46-43-40-29-26-23-20-17-14-11-8-2/h10-11,13-14,19-20,22-23,28,30,32-33,35-36,38-39,53,56,62-63H,7-9,12,15-18,21,24-27,29,31,34,37,40-52,54-55,57-61H2,1-6H3,(H-,66,68,70,71)/b13-10-,14-11+,22-19-,23-20+,30-28-,33-32-,36-35-,39-38-,56-53-. The van der Waals surface area contributed by atoms with Gasteiger partial charge in [0.2, 0.25) is 5.91 Å². The SMILES string of the molecule is CC/C=C\C/C=C\C/C=C\C/C=C\C/C=C\C/C=C\CCCCCCC(=O)NC(COP(=O)([O-])OCC[N+](C)(C)C)C(/C=C\CCCCCCCCCCCC)OC(=O)CCCCCCCCC/C=C/C/C=C/CC. The number of hydrogen-bond acceptors (Lipinski definition) is 7. The molecule has 0 heterocycles. The number of rotatable bonds is 53. The molecule has 1 amide bonds. The van der Waals surface area contributed by atoms with Gasteiger partial charge in [-0.05, 0) is 109 Å². The molecule has 0 radical (unpaired) electrons. The Hall–Kier alpha value is -3.33. The molecule has 0 bridgehead atoms. The molecule has 0 fully saturated rings. The number of hydrogen-bond donors (Lipinski definition) is 1.